The molecule has 0 spiro atoms. The quantitative estimate of drug-likeness (QED) is 0.535. The van der Waals surface area contributed by atoms with E-state index >= 15 is 0 Å². The smallest absolute Gasteiger partial charge is 0.167 e. The Balaban J connectivity index is 1.81. The molecule has 0 radical (unpaired) electrons. The lowest BCUT2D eigenvalue weighted by Gasteiger charge is -2.42. The second kappa shape index (κ2) is 6.77. The van der Waals surface area contributed by atoms with Gasteiger partial charge in [0.15, 0.2) is 5.76 Å². The fraction of sp³-hybridized carbons (Fsp3) is 0.360. The van der Waals surface area contributed by atoms with Crippen LogP contribution in [-0.4, -0.2) is 12.3 Å². The zero-order chi connectivity index (χ0) is 20.8. The number of nitriles is 1. The molecule has 1 heterocycles. The van der Waals surface area contributed by atoms with Gasteiger partial charge >= 0.3 is 0 Å². The summed E-state index contributed by atoms with van der Waals surface area (Å²) in [6.45, 7) is 9.23. The van der Waals surface area contributed by atoms with E-state index in [9.17, 15) is 0 Å². The zero-order valence-corrected chi connectivity index (χ0v) is 17.7. The fourth-order valence-electron chi connectivity index (χ4n) is 4.21. The summed E-state index contributed by atoms with van der Waals surface area (Å²) in [4.78, 5) is 0. The molecule has 0 saturated carbocycles. The number of ether oxygens (including phenoxy) is 1. The van der Waals surface area contributed by atoms with Gasteiger partial charge in [0.1, 0.15) is 11.4 Å². The molecule has 0 amide bonds. The summed E-state index contributed by atoms with van der Waals surface area (Å²) in [5.41, 5.74) is 6.14. The minimum Gasteiger partial charge on any atom is -0.496 e. The van der Waals surface area contributed by atoms with Crippen LogP contribution in [0.25, 0.3) is 22.6 Å². The van der Waals surface area contributed by atoms with Gasteiger partial charge in [-0.25, -0.2) is 0 Å². The highest BCUT2D eigenvalue weighted by Gasteiger charge is 2.38. The first-order valence-electron chi connectivity index (χ1n) is 9.96. The van der Waals surface area contributed by atoms with Crippen molar-refractivity contribution in [1.29, 1.82) is 5.26 Å². The molecule has 1 aromatic heterocycles. The Hall–Kier alpha value is -3.06. The third-order valence-corrected chi connectivity index (χ3v) is 6.26. The number of aromatic nitrogens is 1. The Morgan fingerprint density at radius 1 is 0.966 bits per heavy atom. The number of benzene rings is 2. The minimum absolute atomic E-state index is 0.103. The summed E-state index contributed by atoms with van der Waals surface area (Å²) in [6.07, 6.45) is 2.30. The van der Waals surface area contributed by atoms with Gasteiger partial charge in [-0.2, -0.15) is 5.26 Å². The summed E-state index contributed by atoms with van der Waals surface area (Å²) >= 11 is 0. The van der Waals surface area contributed by atoms with Crippen LogP contribution in [0.3, 0.4) is 0 Å². The van der Waals surface area contributed by atoms with Crippen LogP contribution in [0.15, 0.2) is 47.0 Å². The van der Waals surface area contributed by atoms with Crippen LogP contribution >= 0.6 is 0 Å². The van der Waals surface area contributed by atoms with Crippen LogP contribution in [0, 0.1) is 11.3 Å². The second-order valence-corrected chi connectivity index (χ2v) is 9.13. The molecule has 4 heteroatoms. The summed E-state index contributed by atoms with van der Waals surface area (Å²) < 4.78 is 11.4. The van der Waals surface area contributed by atoms with E-state index < -0.39 is 0 Å². The van der Waals surface area contributed by atoms with Crippen LogP contribution in [0.2, 0.25) is 0 Å². The van der Waals surface area contributed by atoms with Gasteiger partial charge < -0.3 is 9.26 Å². The molecule has 2 aromatic carbocycles. The molecule has 0 atom stereocenters. The Morgan fingerprint density at radius 2 is 1.59 bits per heavy atom. The summed E-state index contributed by atoms with van der Waals surface area (Å²) in [6, 6.07) is 15.8. The largest absolute Gasteiger partial charge is 0.496 e. The van der Waals surface area contributed by atoms with Crippen molar-refractivity contribution in [1.82, 2.24) is 5.16 Å². The van der Waals surface area contributed by atoms with Crippen molar-refractivity contribution >= 4 is 0 Å². The van der Waals surface area contributed by atoms with E-state index in [4.69, 9.17) is 14.5 Å². The highest BCUT2D eigenvalue weighted by Crippen LogP contribution is 2.49. The van der Waals surface area contributed by atoms with Crippen LogP contribution in [-0.2, 0) is 10.8 Å². The van der Waals surface area contributed by atoms with Gasteiger partial charge in [-0.1, -0.05) is 32.9 Å². The molecule has 4 rings (SSSR count). The Labute approximate surface area is 172 Å². The van der Waals surface area contributed by atoms with Gasteiger partial charge in [-0.15, -0.1) is 0 Å². The van der Waals surface area contributed by atoms with Crippen molar-refractivity contribution in [2.45, 2.75) is 51.4 Å². The lowest BCUT2D eigenvalue weighted by molar-refractivity contribution is 0.329. The first-order chi connectivity index (χ1) is 13.7. The van der Waals surface area contributed by atoms with E-state index in [-0.39, 0.29) is 10.8 Å². The van der Waals surface area contributed by atoms with Gasteiger partial charge in [0, 0.05) is 17.2 Å². The molecule has 4 nitrogen and oxygen atoms in total. The summed E-state index contributed by atoms with van der Waals surface area (Å²) in [5, 5.41) is 13.3. The molecule has 0 N–H and O–H groups in total. The highest BCUT2D eigenvalue weighted by molar-refractivity contribution is 5.74. The lowest BCUT2D eigenvalue weighted by Crippen LogP contribution is -2.33. The molecule has 0 fully saturated rings. The maximum atomic E-state index is 8.99. The molecular formula is C25H26N2O2. The molecule has 0 unspecified atom stereocenters. The Morgan fingerprint density at radius 3 is 2.17 bits per heavy atom. The molecular weight excluding hydrogens is 360 g/mol. The SMILES string of the molecule is COc1cc2c(cc1-c1cc(-c3ccc(C#N)cc3)on1)C(C)(C)CCC2(C)C. The monoisotopic (exact) mass is 386 g/mol. The second-order valence-electron chi connectivity index (χ2n) is 9.13. The average molecular weight is 386 g/mol. The van der Waals surface area contributed by atoms with Gasteiger partial charge in [-0.05, 0) is 71.2 Å². The first-order valence-corrected chi connectivity index (χ1v) is 9.96. The van der Waals surface area contributed by atoms with E-state index in [1.807, 2.05) is 18.2 Å². The first kappa shape index (κ1) is 19.3. The zero-order valence-electron chi connectivity index (χ0n) is 17.7. The number of nitrogens with zero attached hydrogens (tertiary/aromatic N) is 2. The van der Waals surface area contributed by atoms with Gasteiger partial charge in [0.05, 0.1) is 18.7 Å². The predicted molar refractivity (Wildman–Crippen MR) is 114 cm³/mol. The summed E-state index contributed by atoms with van der Waals surface area (Å²) in [7, 11) is 1.70. The third kappa shape index (κ3) is 3.31. The Kier molecular flexibility index (Phi) is 4.50. The van der Waals surface area contributed by atoms with E-state index in [2.05, 4.69) is 51.1 Å². The molecule has 1 aliphatic rings. The van der Waals surface area contributed by atoms with Crippen LogP contribution in [0.1, 0.15) is 57.2 Å². The topological polar surface area (TPSA) is 59.0 Å². The van der Waals surface area contributed by atoms with Crippen LogP contribution in [0.5, 0.6) is 5.75 Å². The van der Waals surface area contributed by atoms with E-state index in [1.54, 1.807) is 19.2 Å². The maximum absolute atomic E-state index is 8.99. The van der Waals surface area contributed by atoms with Crippen molar-refractivity contribution in [2.24, 2.45) is 0 Å². The normalized spacial score (nSPS) is 16.7. The van der Waals surface area contributed by atoms with Crippen LogP contribution in [0.4, 0.5) is 0 Å². The minimum atomic E-state index is 0.103. The number of rotatable bonds is 3. The molecule has 148 valence electrons. The van der Waals surface area contributed by atoms with E-state index in [0.29, 0.717) is 11.3 Å². The van der Waals surface area contributed by atoms with Crippen molar-refractivity contribution < 1.29 is 9.26 Å². The number of fused-ring (bicyclic) bond motifs is 1. The van der Waals surface area contributed by atoms with Crippen molar-refractivity contribution in [3.63, 3.8) is 0 Å². The predicted octanol–water partition coefficient (Wildman–Crippen LogP) is 6.24. The molecule has 29 heavy (non-hydrogen) atoms. The van der Waals surface area contributed by atoms with E-state index in [1.165, 1.54) is 11.1 Å². The molecule has 0 saturated heterocycles. The van der Waals surface area contributed by atoms with Crippen LogP contribution < -0.4 is 4.74 Å². The van der Waals surface area contributed by atoms with E-state index in [0.717, 1.165) is 35.4 Å². The molecule has 3 aromatic rings. The van der Waals surface area contributed by atoms with Crippen molar-refractivity contribution in [3.05, 3.63) is 59.2 Å². The number of hydrogen-bond acceptors (Lipinski definition) is 4. The third-order valence-electron chi connectivity index (χ3n) is 6.26. The lowest BCUT2D eigenvalue weighted by atomic mass is 9.63. The highest BCUT2D eigenvalue weighted by atomic mass is 16.5. The van der Waals surface area contributed by atoms with Gasteiger partial charge in [0.2, 0.25) is 0 Å². The maximum Gasteiger partial charge on any atom is 0.167 e. The summed E-state index contributed by atoms with van der Waals surface area (Å²) in [5.74, 6) is 1.48. The molecule has 0 aliphatic heterocycles. The van der Waals surface area contributed by atoms with Crippen molar-refractivity contribution in [2.75, 3.05) is 7.11 Å². The average Bonchev–Trinajstić information content (AvgIpc) is 3.21. The fourth-order valence-corrected chi connectivity index (χ4v) is 4.21. The van der Waals surface area contributed by atoms with Crippen molar-refractivity contribution in [3.8, 4) is 34.4 Å². The van der Waals surface area contributed by atoms with Gasteiger partial charge in [-0.3, -0.25) is 0 Å². The standard InChI is InChI=1S/C25H26N2O2/c1-24(2)10-11-25(3,4)20-13-23(28-5)18(12-19(20)24)21-14-22(29-27-21)17-8-6-16(15-26)7-9-17/h6-9,12-14H,10-11H2,1-5H3. The number of methoxy groups -OCH3 is 1. The molecule has 0 bridgehead atoms. The van der Waals surface area contributed by atoms with Gasteiger partial charge in [0.25, 0.3) is 0 Å². The molecule has 1 aliphatic carbocycles. The Bertz CT molecular complexity index is 1100. The number of hydrogen-bond donors (Lipinski definition) is 0.